The Bertz CT molecular complexity index is 398. The van der Waals surface area contributed by atoms with Crippen molar-refractivity contribution in [1.82, 2.24) is 5.32 Å². The van der Waals surface area contributed by atoms with Gasteiger partial charge < -0.3 is 10.2 Å². The minimum Gasteiger partial charge on any atom is -0.375 e. The van der Waals surface area contributed by atoms with E-state index in [-0.39, 0.29) is 0 Å². The molecule has 0 spiro atoms. The second kappa shape index (κ2) is 3.61. The number of rotatable bonds is 1. The van der Waals surface area contributed by atoms with Gasteiger partial charge >= 0.3 is 0 Å². The minimum absolute atomic E-state index is 0.644. The van der Waals surface area contributed by atoms with Crippen LogP contribution in [0.3, 0.4) is 0 Å². The molecule has 1 heterocycles. The summed E-state index contributed by atoms with van der Waals surface area (Å²) in [7, 11) is 0. The highest BCUT2D eigenvalue weighted by atomic mass is 35.5. The molecule has 3 nitrogen and oxygen atoms in total. The zero-order valence-electron chi connectivity index (χ0n) is 8.24. The van der Waals surface area contributed by atoms with Gasteiger partial charge in [0.05, 0.1) is 0 Å². The monoisotopic (exact) mass is 225 g/mol. The standard InChI is InChI=1S/C11H12ClNO2/c1-11(15)9(6-10(14)13-11)7-2-4-8(12)5-3-7/h2-6,10,13-15H,1H3. The molecule has 80 valence electrons. The van der Waals surface area contributed by atoms with E-state index in [9.17, 15) is 10.2 Å². The summed E-state index contributed by atoms with van der Waals surface area (Å²) in [6, 6.07) is 7.11. The summed E-state index contributed by atoms with van der Waals surface area (Å²) in [4.78, 5) is 0. The topological polar surface area (TPSA) is 52.5 Å². The quantitative estimate of drug-likeness (QED) is 0.677. The Balaban J connectivity index is 2.39. The summed E-state index contributed by atoms with van der Waals surface area (Å²) in [6.45, 7) is 1.60. The lowest BCUT2D eigenvalue weighted by Gasteiger charge is -2.22. The van der Waals surface area contributed by atoms with Gasteiger partial charge in [-0.05, 0) is 30.7 Å². The molecule has 0 radical (unpaired) electrons. The molecule has 0 saturated carbocycles. The average molecular weight is 226 g/mol. The fourth-order valence-corrected chi connectivity index (χ4v) is 1.86. The smallest absolute Gasteiger partial charge is 0.141 e. The molecule has 0 saturated heterocycles. The minimum atomic E-state index is -1.20. The van der Waals surface area contributed by atoms with E-state index in [1.54, 1.807) is 25.1 Å². The van der Waals surface area contributed by atoms with Gasteiger partial charge in [-0.2, -0.15) is 0 Å². The molecule has 0 aromatic heterocycles. The van der Waals surface area contributed by atoms with Gasteiger partial charge in [0.15, 0.2) is 0 Å². The number of aliphatic hydroxyl groups excluding tert-OH is 1. The number of halogens is 1. The lowest BCUT2D eigenvalue weighted by atomic mass is 9.99. The average Bonchev–Trinajstić information content (AvgIpc) is 2.41. The first-order valence-electron chi connectivity index (χ1n) is 4.65. The molecule has 3 N–H and O–H groups in total. The van der Waals surface area contributed by atoms with Gasteiger partial charge in [0.1, 0.15) is 12.0 Å². The molecule has 1 aliphatic heterocycles. The Kier molecular flexibility index (Phi) is 2.56. The van der Waals surface area contributed by atoms with Crippen molar-refractivity contribution >= 4 is 17.2 Å². The van der Waals surface area contributed by atoms with E-state index < -0.39 is 12.0 Å². The first-order valence-corrected chi connectivity index (χ1v) is 5.03. The van der Waals surface area contributed by atoms with Crippen molar-refractivity contribution in [2.24, 2.45) is 0 Å². The van der Waals surface area contributed by atoms with E-state index in [0.717, 1.165) is 5.56 Å². The maximum absolute atomic E-state index is 9.97. The third-order valence-electron chi connectivity index (χ3n) is 2.43. The predicted octanol–water partition coefficient (Wildman–Crippen LogP) is 1.35. The Morgan fingerprint density at radius 1 is 1.33 bits per heavy atom. The summed E-state index contributed by atoms with van der Waals surface area (Å²) in [5.74, 6) is 0. The van der Waals surface area contributed by atoms with E-state index >= 15 is 0 Å². The highest BCUT2D eigenvalue weighted by Crippen LogP contribution is 2.30. The fourth-order valence-electron chi connectivity index (χ4n) is 1.73. The maximum atomic E-state index is 9.97. The molecule has 15 heavy (non-hydrogen) atoms. The lowest BCUT2D eigenvalue weighted by Crippen LogP contribution is -2.42. The molecule has 2 unspecified atom stereocenters. The van der Waals surface area contributed by atoms with Gasteiger partial charge in [0, 0.05) is 10.6 Å². The van der Waals surface area contributed by atoms with E-state index in [2.05, 4.69) is 5.32 Å². The van der Waals surface area contributed by atoms with Gasteiger partial charge in [-0.25, -0.2) is 0 Å². The highest BCUT2D eigenvalue weighted by molar-refractivity contribution is 6.30. The van der Waals surface area contributed by atoms with Crippen LogP contribution >= 0.6 is 11.6 Å². The molecule has 2 rings (SSSR count). The molecule has 1 aliphatic rings. The Hall–Kier alpha value is -0.870. The SMILES string of the molecule is CC1(O)NC(O)C=C1c1ccc(Cl)cc1. The molecule has 1 aromatic carbocycles. The first kappa shape index (κ1) is 10.6. The summed E-state index contributed by atoms with van der Waals surface area (Å²) in [5, 5.41) is 22.6. The number of benzene rings is 1. The predicted molar refractivity (Wildman–Crippen MR) is 59.2 cm³/mol. The first-order chi connectivity index (χ1) is 6.99. The number of aliphatic hydroxyl groups is 2. The fraction of sp³-hybridized carbons (Fsp3) is 0.273. The third kappa shape index (κ3) is 2.06. The van der Waals surface area contributed by atoms with Crippen LogP contribution in [0.1, 0.15) is 12.5 Å². The van der Waals surface area contributed by atoms with Gasteiger partial charge in [-0.15, -0.1) is 0 Å². The molecule has 0 fully saturated rings. The van der Waals surface area contributed by atoms with Crippen LogP contribution in [0.15, 0.2) is 30.3 Å². The Labute approximate surface area is 93.0 Å². The largest absolute Gasteiger partial charge is 0.375 e. The van der Waals surface area contributed by atoms with Crippen LogP contribution in [-0.2, 0) is 0 Å². The van der Waals surface area contributed by atoms with Crippen LogP contribution < -0.4 is 5.32 Å². The molecular formula is C11H12ClNO2. The number of hydrogen-bond acceptors (Lipinski definition) is 3. The maximum Gasteiger partial charge on any atom is 0.141 e. The molecule has 4 heteroatoms. The van der Waals surface area contributed by atoms with Crippen molar-refractivity contribution in [3.63, 3.8) is 0 Å². The summed E-state index contributed by atoms with van der Waals surface area (Å²) >= 11 is 5.77. The van der Waals surface area contributed by atoms with Gasteiger partial charge in [-0.3, -0.25) is 5.32 Å². The van der Waals surface area contributed by atoms with E-state index in [4.69, 9.17) is 11.6 Å². The van der Waals surface area contributed by atoms with Crippen LogP contribution in [0.25, 0.3) is 5.57 Å². The van der Waals surface area contributed by atoms with Crippen LogP contribution in [0.4, 0.5) is 0 Å². The van der Waals surface area contributed by atoms with Gasteiger partial charge in [0.25, 0.3) is 0 Å². The third-order valence-corrected chi connectivity index (χ3v) is 2.69. The van der Waals surface area contributed by atoms with Gasteiger partial charge in [-0.1, -0.05) is 23.7 Å². The van der Waals surface area contributed by atoms with Crippen molar-refractivity contribution < 1.29 is 10.2 Å². The zero-order chi connectivity index (χ0) is 11.1. The zero-order valence-corrected chi connectivity index (χ0v) is 8.99. The summed E-state index contributed by atoms with van der Waals surface area (Å²) in [5.41, 5.74) is 0.299. The van der Waals surface area contributed by atoms with Crippen LogP contribution in [-0.4, -0.2) is 22.2 Å². The molecule has 0 bridgehead atoms. The summed E-state index contributed by atoms with van der Waals surface area (Å²) < 4.78 is 0. The Morgan fingerprint density at radius 2 is 1.93 bits per heavy atom. The summed E-state index contributed by atoms with van der Waals surface area (Å²) in [6.07, 6.45) is 0.772. The van der Waals surface area contributed by atoms with Crippen molar-refractivity contribution in [2.75, 3.05) is 0 Å². The second-order valence-corrected chi connectivity index (χ2v) is 4.19. The van der Waals surface area contributed by atoms with Crippen molar-refractivity contribution in [1.29, 1.82) is 0 Å². The molecule has 1 aromatic rings. The lowest BCUT2D eigenvalue weighted by molar-refractivity contribution is 0.0438. The normalized spacial score (nSPS) is 30.4. The van der Waals surface area contributed by atoms with Crippen LogP contribution in [0, 0.1) is 0 Å². The molecule has 2 atom stereocenters. The van der Waals surface area contributed by atoms with E-state index in [1.165, 1.54) is 0 Å². The van der Waals surface area contributed by atoms with Gasteiger partial charge in [0.2, 0.25) is 0 Å². The van der Waals surface area contributed by atoms with Crippen molar-refractivity contribution in [2.45, 2.75) is 18.9 Å². The highest BCUT2D eigenvalue weighted by Gasteiger charge is 2.34. The number of nitrogens with one attached hydrogen (secondary N) is 1. The number of hydrogen-bond donors (Lipinski definition) is 3. The van der Waals surface area contributed by atoms with Crippen molar-refractivity contribution in [3.8, 4) is 0 Å². The van der Waals surface area contributed by atoms with E-state index in [0.29, 0.717) is 10.6 Å². The Morgan fingerprint density at radius 3 is 2.40 bits per heavy atom. The molecular weight excluding hydrogens is 214 g/mol. The van der Waals surface area contributed by atoms with Crippen LogP contribution in [0.2, 0.25) is 5.02 Å². The molecule has 0 amide bonds. The molecule has 0 aliphatic carbocycles. The van der Waals surface area contributed by atoms with E-state index in [1.807, 2.05) is 12.1 Å². The van der Waals surface area contributed by atoms with Crippen LogP contribution in [0.5, 0.6) is 0 Å². The van der Waals surface area contributed by atoms with Crippen molar-refractivity contribution in [3.05, 3.63) is 40.9 Å². The second-order valence-electron chi connectivity index (χ2n) is 3.75.